The highest BCUT2D eigenvalue weighted by Crippen LogP contribution is 2.42. The van der Waals surface area contributed by atoms with E-state index < -0.39 is 0 Å². The Hall–Kier alpha value is -1.41. The van der Waals surface area contributed by atoms with Crippen molar-refractivity contribution in [3.63, 3.8) is 0 Å². The van der Waals surface area contributed by atoms with Crippen molar-refractivity contribution in [2.24, 2.45) is 11.8 Å². The molecule has 3 rings (SSSR count). The van der Waals surface area contributed by atoms with Gasteiger partial charge in [0.05, 0.1) is 11.6 Å². The van der Waals surface area contributed by atoms with E-state index in [0.717, 1.165) is 22.4 Å². The molecule has 1 heterocycles. The lowest BCUT2D eigenvalue weighted by molar-refractivity contribution is 0.106. The van der Waals surface area contributed by atoms with E-state index in [1.54, 1.807) is 6.20 Å². The fourth-order valence-corrected chi connectivity index (χ4v) is 2.46. The van der Waals surface area contributed by atoms with Gasteiger partial charge in [0.15, 0.2) is 0 Å². The second kappa shape index (κ2) is 4.11. The number of benzene rings is 1. The van der Waals surface area contributed by atoms with Gasteiger partial charge in [0.1, 0.15) is 0 Å². The average molecular weight is 227 g/mol. The van der Waals surface area contributed by atoms with Gasteiger partial charge in [-0.2, -0.15) is 0 Å². The molecule has 0 saturated heterocycles. The van der Waals surface area contributed by atoms with Crippen molar-refractivity contribution in [2.75, 3.05) is 0 Å². The molecule has 1 fully saturated rings. The summed E-state index contributed by atoms with van der Waals surface area (Å²) < 4.78 is 0. The zero-order valence-electron chi connectivity index (χ0n) is 10.0. The Bertz CT molecular complexity index is 533. The van der Waals surface area contributed by atoms with Crippen LogP contribution in [0.3, 0.4) is 0 Å². The zero-order valence-corrected chi connectivity index (χ0v) is 10.0. The number of fused-ring (bicyclic) bond motifs is 1. The maximum absolute atomic E-state index is 10.3. The first-order valence-corrected chi connectivity index (χ1v) is 6.28. The molecule has 17 heavy (non-hydrogen) atoms. The van der Waals surface area contributed by atoms with E-state index in [9.17, 15) is 5.11 Å². The molecule has 1 aromatic carbocycles. The zero-order chi connectivity index (χ0) is 11.8. The Labute approximate surface area is 101 Å². The number of hydrogen-bond donors (Lipinski definition) is 1. The molecular weight excluding hydrogens is 210 g/mol. The van der Waals surface area contributed by atoms with Crippen molar-refractivity contribution < 1.29 is 5.11 Å². The van der Waals surface area contributed by atoms with Gasteiger partial charge < -0.3 is 5.11 Å². The molecule has 0 radical (unpaired) electrons. The van der Waals surface area contributed by atoms with Crippen LogP contribution in [0.25, 0.3) is 10.9 Å². The summed E-state index contributed by atoms with van der Waals surface area (Å²) in [6.07, 6.45) is 4.00. The summed E-state index contributed by atoms with van der Waals surface area (Å²) in [5.74, 6) is 1.08. The van der Waals surface area contributed by atoms with E-state index in [4.69, 9.17) is 0 Å². The fourth-order valence-electron chi connectivity index (χ4n) is 2.46. The van der Waals surface area contributed by atoms with E-state index in [1.165, 1.54) is 12.8 Å². The van der Waals surface area contributed by atoms with Gasteiger partial charge in [-0.1, -0.05) is 19.1 Å². The normalized spacial score (nSPS) is 19.2. The van der Waals surface area contributed by atoms with Crippen LogP contribution in [0, 0.1) is 11.8 Å². The van der Waals surface area contributed by atoms with Crippen LogP contribution in [0.5, 0.6) is 0 Å². The molecule has 0 spiro atoms. The van der Waals surface area contributed by atoms with E-state index >= 15 is 0 Å². The van der Waals surface area contributed by atoms with Crippen molar-refractivity contribution in [3.8, 4) is 0 Å². The van der Waals surface area contributed by atoms with Crippen molar-refractivity contribution in [2.45, 2.75) is 25.9 Å². The Morgan fingerprint density at radius 2 is 2.12 bits per heavy atom. The first-order chi connectivity index (χ1) is 8.25. The minimum absolute atomic E-state index is 0.341. The third-order valence-corrected chi connectivity index (χ3v) is 3.83. The molecule has 1 saturated carbocycles. The molecule has 88 valence electrons. The lowest BCUT2D eigenvalue weighted by Crippen LogP contribution is -2.10. The van der Waals surface area contributed by atoms with Crippen LogP contribution < -0.4 is 0 Å². The van der Waals surface area contributed by atoms with Gasteiger partial charge in [-0.25, -0.2) is 0 Å². The van der Waals surface area contributed by atoms with Crippen LogP contribution in [-0.4, -0.2) is 10.1 Å². The number of aliphatic hydroxyl groups excluding tert-OH is 1. The van der Waals surface area contributed by atoms with Crippen LogP contribution in [0.2, 0.25) is 0 Å². The van der Waals surface area contributed by atoms with Gasteiger partial charge in [0, 0.05) is 11.6 Å². The summed E-state index contributed by atoms with van der Waals surface area (Å²) >= 11 is 0. The topological polar surface area (TPSA) is 33.1 Å². The lowest BCUT2D eigenvalue weighted by Gasteiger charge is -2.19. The van der Waals surface area contributed by atoms with E-state index in [2.05, 4.69) is 18.0 Å². The van der Waals surface area contributed by atoms with Gasteiger partial charge in [-0.3, -0.25) is 4.98 Å². The molecule has 0 bridgehead atoms. The molecule has 1 aliphatic rings. The number of pyridine rings is 1. The van der Waals surface area contributed by atoms with Crippen molar-refractivity contribution in [1.82, 2.24) is 4.98 Å². The maximum Gasteiger partial charge on any atom is 0.0818 e. The summed E-state index contributed by atoms with van der Waals surface area (Å²) in [6.45, 7) is 2.15. The first kappa shape index (κ1) is 10.7. The lowest BCUT2D eigenvalue weighted by atomic mass is 9.92. The smallest absolute Gasteiger partial charge is 0.0818 e. The largest absolute Gasteiger partial charge is 0.388 e. The number of aromatic nitrogens is 1. The quantitative estimate of drug-likeness (QED) is 0.872. The monoisotopic (exact) mass is 227 g/mol. The predicted molar refractivity (Wildman–Crippen MR) is 68.6 cm³/mol. The summed E-state index contributed by atoms with van der Waals surface area (Å²) in [5.41, 5.74) is 2.01. The van der Waals surface area contributed by atoms with Crippen LogP contribution in [0.15, 0.2) is 36.5 Å². The highest BCUT2D eigenvalue weighted by Gasteiger charge is 2.33. The van der Waals surface area contributed by atoms with Gasteiger partial charge >= 0.3 is 0 Å². The SMILES string of the molecule is CC(C1CC1)C(O)c1ccc2ncccc2c1. The first-order valence-electron chi connectivity index (χ1n) is 6.28. The van der Waals surface area contributed by atoms with Gasteiger partial charge in [-0.05, 0) is 48.4 Å². The van der Waals surface area contributed by atoms with Gasteiger partial charge in [0.2, 0.25) is 0 Å². The molecule has 1 aromatic heterocycles. The highest BCUT2D eigenvalue weighted by atomic mass is 16.3. The van der Waals surface area contributed by atoms with Crippen LogP contribution in [-0.2, 0) is 0 Å². The Balaban J connectivity index is 1.93. The third-order valence-electron chi connectivity index (χ3n) is 3.83. The second-order valence-electron chi connectivity index (χ2n) is 5.10. The number of nitrogens with zero attached hydrogens (tertiary/aromatic N) is 1. The van der Waals surface area contributed by atoms with E-state index in [1.807, 2.05) is 24.3 Å². The van der Waals surface area contributed by atoms with E-state index in [0.29, 0.717) is 5.92 Å². The molecule has 2 atom stereocenters. The second-order valence-corrected chi connectivity index (χ2v) is 5.10. The highest BCUT2D eigenvalue weighted by molar-refractivity contribution is 5.79. The van der Waals surface area contributed by atoms with Crippen LogP contribution in [0.1, 0.15) is 31.4 Å². The summed E-state index contributed by atoms with van der Waals surface area (Å²) in [6, 6.07) is 10.0. The summed E-state index contributed by atoms with van der Waals surface area (Å²) in [5, 5.41) is 11.4. The number of aliphatic hydroxyl groups is 1. The standard InChI is InChI=1S/C15H17NO/c1-10(11-4-5-11)15(17)13-6-7-14-12(9-13)3-2-8-16-14/h2-3,6-11,15,17H,4-5H2,1H3. The molecule has 2 heteroatoms. The molecular formula is C15H17NO. The molecule has 1 aliphatic carbocycles. The summed E-state index contributed by atoms with van der Waals surface area (Å²) in [4.78, 5) is 4.29. The minimum atomic E-state index is -0.341. The number of rotatable bonds is 3. The molecule has 2 aromatic rings. The predicted octanol–water partition coefficient (Wildman–Crippen LogP) is 3.31. The molecule has 0 aliphatic heterocycles. The van der Waals surface area contributed by atoms with Crippen molar-refractivity contribution in [3.05, 3.63) is 42.1 Å². The Morgan fingerprint density at radius 1 is 1.29 bits per heavy atom. The van der Waals surface area contributed by atoms with E-state index in [-0.39, 0.29) is 6.10 Å². The third kappa shape index (κ3) is 2.05. The number of hydrogen-bond acceptors (Lipinski definition) is 2. The van der Waals surface area contributed by atoms with Gasteiger partial charge in [0.25, 0.3) is 0 Å². The molecule has 0 amide bonds. The van der Waals surface area contributed by atoms with Crippen molar-refractivity contribution >= 4 is 10.9 Å². The molecule has 2 nitrogen and oxygen atoms in total. The Kier molecular flexibility index (Phi) is 2.60. The fraction of sp³-hybridized carbons (Fsp3) is 0.400. The average Bonchev–Trinajstić information content (AvgIpc) is 3.21. The van der Waals surface area contributed by atoms with Gasteiger partial charge in [-0.15, -0.1) is 0 Å². The summed E-state index contributed by atoms with van der Waals surface area (Å²) in [7, 11) is 0. The maximum atomic E-state index is 10.3. The van der Waals surface area contributed by atoms with Crippen molar-refractivity contribution in [1.29, 1.82) is 0 Å². The van der Waals surface area contributed by atoms with Crippen LogP contribution in [0.4, 0.5) is 0 Å². The van der Waals surface area contributed by atoms with Crippen LogP contribution >= 0.6 is 0 Å². The molecule has 2 unspecified atom stereocenters. The minimum Gasteiger partial charge on any atom is -0.388 e. The Morgan fingerprint density at radius 3 is 2.88 bits per heavy atom. The molecule has 1 N–H and O–H groups in total.